The van der Waals surface area contributed by atoms with Crippen LogP contribution >= 0.6 is 86.2 Å². The topological polar surface area (TPSA) is 722 Å². The fourth-order valence-electron chi connectivity index (χ4n) is 7.65. The van der Waals surface area contributed by atoms with Crippen LogP contribution in [0.25, 0.3) is 0 Å². The second kappa shape index (κ2) is 54.7. The molecule has 0 aromatic rings. The summed E-state index contributed by atoms with van der Waals surface area (Å²) in [5.41, 5.74) is 65.1. The molecule has 42 nitrogen and oxygen atoms in total. The van der Waals surface area contributed by atoms with Gasteiger partial charge in [-0.05, 0) is 79.1 Å². The predicted molar refractivity (Wildman–Crippen MR) is 398 cm³/mol. The Morgan fingerprint density at radius 2 is 0.614 bits per heavy atom. The summed E-state index contributed by atoms with van der Waals surface area (Å²) in [6.45, 7) is 7.83. The van der Waals surface area contributed by atoms with E-state index in [0.29, 0.717) is 10.1 Å². The molecule has 0 radical (unpaired) electrons. The van der Waals surface area contributed by atoms with Crippen molar-refractivity contribution in [3.63, 3.8) is 0 Å². The van der Waals surface area contributed by atoms with Gasteiger partial charge in [0.2, 0.25) is 59.1 Å². The van der Waals surface area contributed by atoms with Gasteiger partial charge in [-0.1, -0.05) is 0 Å². The van der Waals surface area contributed by atoms with E-state index in [-0.39, 0.29) is 137 Å². The first-order valence-corrected chi connectivity index (χ1v) is 34.3. The number of aliphatic imine (C=N–C) groups is 4. The van der Waals surface area contributed by atoms with Crippen molar-refractivity contribution in [2.24, 2.45) is 88.8 Å². The minimum Gasteiger partial charge on any atom is -0.370 e. The van der Waals surface area contributed by atoms with E-state index in [2.05, 4.69) is 136 Å². The van der Waals surface area contributed by atoms with Gasteiger partial charge < -0.3 is 121 Å². The molecule has 578 valence electrons. The van der Waals surface area contributed by atoms with E-state index in [1.54, 1.807) is 0 Å². The van der Waals surface area contributed by atoms with Crippen molar-refractivity contribution in [3.8, 4) is 0 Å². The molecule has 0 heterocycles. The third-order valence-corrected chi connectivity index (χ3v) is 14.3. The largest absolute Gasteiger partial charge is 0.370 e. The van der Waals surface area contributed by atoms with E-state index in [1.165, 1.54) is 41.5 Å². The highest BCUT2D eigenvalue weighted by Crippen LogP contribution is 2.15. The summed E-state index contributed by atoms with van der Waals surface area (Å²) in [7, 11) is 0. The number of carbonyl (C=O) groups excluding carboxylic acids is 14. The van der Waals surface area contributed by atoms with Gasteiger partial charge in [-0.25, -0.2) is 9.59 Å². The number of thiol groups is 6. The molecule has 12 atom stereocenters. The molecule has 0 fully saturated rings. The van der Waals surface area contributed by atoms with Crippen LogP contribution in [-0.2, 0) is 76.8 Å². The van der Waals surface area contributed by atoms with E-state index < -0.39 is 155 Å². The van der Waals surface area contributed by atoms with Gasteiger partial charge in [-0.3, -0.25) is 77.5 Å². The lowest BCUT2D eigenvalue weighted by Crippen LogP contribution is -2.59. The second-order valence-corrected chi connectivity index (χ2v) is 22.7. The summed E-state index contributed by atoms with van der Waals surface area (Å²) >= 11 is 22.4. The molecular weight excluding hydrogens is 1470 g/mol. The molecule has 101 heavy (non-hydrogen) atoms. The lowest BCUT2D eigenvalue weighted by atomic mass is 10.1. The van der Waals surface area contributed by atoms with Crippen molar-refractivity contribution in [1.82, 2.24) is 52.7 Å². The molecule has 32 N–H and O–H groups in total. The molecule has 0 saturated carbocycles. The first kappa shape index (κ1) is 99.3. The maximum absolute atomic E-state index is 13.6. The first-order chi connectivity index (χ1) is 46.7. The van der Waals surface area contributed by atoms with Crippen LogP contribution in [0, 0.1) is 0 Å². The zero-order chi connectivity index (χ0) is 77.7. The summed E-state index contributed by atoms with van der Waals surface area (Å²) in [5.74, 6) is -13.4. The average molecular weight is 1570 g/mol. The highest BCUT2D eigenvalue weighted by molar-refractivity contribution is 8.59. The first-order valence-electron chi connectivity index (χ1n) is 30.1. The van der Waals surface area contributed by atoms with Crippen LogP contribution < -0.4 is 111 Å². The van der Waals surface area contributed by atoms with Crippen molar-refractivity contribution in [2.45, 2.75) is 165 Å². The van der Waals surface area contributed by atoms with Gasteiger partial charge >= 0.3 is 11.9 Å². The van der Waals surface area contributed by atoms with Crippen LogP contribution in [0.15, 0.2) is 20.0 Å². The van der Waals surface area contributed by atoms with Gasteiger partial charge in [0.25, 0.3) is 11.8 Å². The fourth-order valence-corrected chi connectivity index (χ4v) is 8.46. The van der Waals surface area contributed by atoms with E-state index in [1.807, 2.05) is 0 Å². The molecule has 0 bridgehead atoms. The van der Waals surface area contributed by atoms with E-state index in [9.17, 15) is 67.1 Å². The average Bonchev–Trinajstić information content (AvgIpc) is 0.843. The van der Waals surface area contributed by atoms with Crippen molar-refractivity contribution >= 4 is 193 Å². The van der Waals surface area contributed by atoms with Crippen molar-refractivity contribution < 1.29 is 76.8 Å². The third kappa shape index (κ3) is 42.7. The molecule has 0 aromatic heterocycles. The molecule has 0 spiro atoms. The van der Waals surface area contributed by atoms with E-state index >= 15 is 0 Å². The predicted octanol–water partition coefficient (Wildman–Crippen LogP) is -9.98. The summed E-state index contributed by atoms with van der Waals surface area (Å²) < 4.78 is 0. The highest BCUT2D eigenvalue weighted by atomic mass is 35.5. The van der Waals surface area contributed by atoms with Crippen molar-refractivity contribution in [1.29, 1.82) is 0 Å². The Morgan fingerprint density at radius 1 is 0.366 bits per heavy atom. The van der Waals surface area contributed by atoms with E-state index in [4.69, 9.17) is 78.5 Å². The molecule has 0 rings (SSSR count). The third-order valence-electron chi connectivity index (χ3n) is 12.8. The second-order valence-electron chi connectivity index (χ2n) is 21.3. The number of hydrogen-bond acceptors (Lipinski definition) is 28. The standard InChI is InChI=1S/2C26H49N13O8S2.ClH.H2S2/c2*1-12(35-22(44)17(11-49)37-14(3)40)20(42)38-16(6-4-8-33-25(29)30)21(43)36-13(2)23(45)39(47-24(46)15(27)10-48)18(19(28)41)7-5-9-34-26(31)32;;1-2/h2*12-13,15-18,48-49H,4-11,27H2,1-3H3,(H2,28,41)(H,35,44)(H,36,43)(H,37,40)(H,38,42)(H4,29,30,33)(H4,31,32,34);1H;1-2H/t2*12-,13-,15-,16+,17+,18+;;/m00../s1. The van der Waals surface area contributed by atoms with Gasteiger partial charge in [0, 0.05) is 63.0 Å². The lowest BCUT2D eigenvalue weighted by molar-refractivity contribution is -0.210. The van der Waals surface area contributed by atoms with Crippen molar-refractivity contribution in [2.75, 3.05) is 49.2 Å². The Bertz CT molecular complexity index is 2660. The Hall–Kier alpha value is -8.03. The number of halogens is 1. The molecule has 12 amide bonds. The Kier molecular flexibility index (Phi) is 53.8. The lowest BCUT2D eigenvalue weighted by Gasteiger charge is -2.31. The van der Waals surface area contributed by atoms with Gasteiger partial charge in [-0.15, -0.1) is 35.7 Å². The number of rotatable bonds is 42. The van der Waals surface area contributed by atoms with Gasteiger partial charge in [-0.2, -0.15) is 60.6 Å². The molecular formula is C52H101ClN26O16S6. The maximum Gasteiger partial charge on any atom is 0.349 e. The van der Waals surface area contributed by atoms with Gasteiger partial charge in [0.1, 0.15) is 72.5 Å². The number of amides is 12. The Morgan fingerprint density at radius 3 is 0.842 bits per heavy atom. The Labute approximate surface area is 622 Å². The maximum atomic E-state index is 13.6. The fraction of sp³-hybridized carbons (Fsp3) is 0.654. The normalized spacial score (nSPS) is 13.9. The number of guanidine groups is 4. The number of nitrogens with two attached hydrogens (primary N) is 12. The number of hydroxylamine groups is 4. The van der Waals surface area contributed by atoms with Crippen molar-refractivity contribution in [3.05, 3.63) is 0 Å². The van der Waals surface area contributed by atoms with Crippen LogP contribution in [-0.4, -0.2) is 238 Å². The zero-order valence-electron chi connectivity index (χ0n) is 56.5. The van der Waals surface area contributed by atoms with Crippen LogP contribution in [0.3, 0.4) is 0 Å². The quantitative estimate of drug-likeness (QED) is 0.00674. The number of carbonyl (C=O) groups is 14. The highest BCUT2D eigenvalue weighted by Gasteiger charge is 2.39. The molecule has 49 heteroatoms. The number of nitrogens with zero attached hydrogens (tertiary/aromatic N) is 6. The molecule has 0 saturated heterocycles. The molecule has 0 aliphatic rings. The molecule has 0 unspecified atom stereocenters. The minimum atomic E-state index is -1.52. The van der Waals surface area contributed by atoms with E-state index in [0.717, 1.165) is 0 Å². The molecule has 0 aromatic carbocycles. The van der Waals surface area contributed by atoms with Crippen LogP contribution in [0.5, 0.6) is 0 Å². The Balaban J connectivity index is -0.000000900. The summed E-state index contributed by atoms with van der Waals surface area (Å²) in [5, 5.41) is 20.3. The SMILES string of the molecule is CC(=O)N[C@H](CS)C(=O)N[C@@H](C)C(=O)N[C@H](CCCN=C(N)N)C(=O)N[C@@H](C)C(=O)N(OC(=O)[C@@H](N)CS)[C@H](CCCN=C(N)N)C(N)=O.CC(=O)N[C@H](CS)C(=O)N[C@@H](C)C(=O)N[C@H](CCCN=C(N)N)C(=O)N[C@@H](C)C(=O)N(OC(=O)[C@@H](N)CS)[C@H](CCCN=C(N)N)C(N)=O.Cl.SS. The number of primary amides is 2. The zero-order valence-corrected chi connectivity index (χ0v) is 62.7. The monoisotopic (exact) mass is 1570 g/mol. The minimum absolute atomic E-state index is 0. The number of hydrogen-bond donors (Lipinski definition) is 26. The van der Waals surface area contributed by atoms with Gasteiger partial charge in [0.05, 0.1) is 0 Å². The van der Waals surface area contributed by atoms with Crippen LogP contribution in [0.2, 0.25) is 0 Å². The summed E-state index contributed by atoms with van der Waals surface area (Å²) in [4.78, 5) is 203. The summed E-state index contributed by atoms with van der Waals surface area (Å²) in [6, 6.07) is -15.6. The molecule has 0 aliphatic heterocycles. The van der Waals surface area contributed by atoms with Crippen LogP contribution in [0.4, 0.5) is 0 Å². The number of nitrogens with one attached hydrogen (secondary N) is 8. The summed E-state index contributed by atoms with van der Waals surface area (Å²) in [6.07, 6.45) is 0.268. The van der Waals surface area contributed by atoms with Crippen LogP contribution in [0.1, 0.15) is 92.9 Å². The smallest absolute Gasteiger partial charge is 0.349 e. The molecule has 0 aliphatic carbocycles. The van der Waals surface area contributed by atoms with Gasteiger partial charge in [0.15, 0.2) is 23.8 Å².